The molecule has 136 valence electrons. The Morgan fingerprint density at radius 1 is 1.26 bits per heavy atom. The SMILES string of the molecule is CNC(=O)C1CS/C(=N\C(=O)c2c[nH]c3ncccc23)N1c1ccccc1. The number of aromatic amines is 1. The van der Waals surface area contributed by atoms with Gasteiger partial charge in [-0.2, -0.15) is 4.99 Å². The first kappa shape index (κ1) is 17.3. The number of nitrogens with zero attached hydrogens (tertiary/aromatic N) is 3. The zero-order valence-corrected chi connectivity index (χ0v) is 15.4. The number of hydrogen-bond donors (Lipinski definition) is 2. The second-order valence-corrected chi connectivity index (χ2v) is 6.94. The molecule has 2 amide bonds. The Bertz CT molecular complexity index is 1030. The molecule has 1 saturated heterocycles. The summed E-state index contributed by atoms with van der Waals surface area (Å²) in [5, 5.41) is 3.92. The van der Waals surface area contributed by atoms with E-state index in [9.17, 15) is 9.59 Å². The van der Waals surface area contributed by atoms with Gasteiger partial charge in [0.15, 0.2) is 5.17 Å². The molecular formula is C19H17N5O2S. The third-order valence-electron chi connectivity index (χ3n) is 4.35. The average molecular weight is 379 g/mol. The average Bonchev–Trinajstić information content (AvgIpc) is 3.32. The summed E-state index contributed by atoms with van der Waals surface area (Å²) in [4.78, 5) is 38.5. The molecule has 1 aliphatic heterocycles. The van der Waals surface area contributed by atoms with Crippen LogP contribution in [0.3, 0.4) is 0 Å². The summed E-state index contributed by atoms with van der Waals surface area (Å²) in [6, 6.07) is 12.7. The number of aromatic nitrogens is 2. The molecule has 0 radical (unpaired) electrons. The van der Waals surface area contributed by atoms with Gasteiger partial charge in [0.25, 0.3) is 5.91 Å². The Morgan fingerprint density at radius 2 is 2.07 bits per heavy atom. The molecule has 2 aromatic heterocycles. The number of rotatable bonds is 3. The molecule has 3 aromatic rings. The standard InChI is InChI=1S/C19H17N5O2S/c1-20-18(26)15-11-27-19(24(15)12-6-3-2-4-7-12)23-17(25)14-10-22-16-13(14)8-5-9-21-16/h2-10,15H,11H2,1H3,(H,20,26)(H,21,22)/b23-19-. The van der Waals surface area contributed by atoms with Gasteiger partial charge in [-0.25, -0.2) is 4.98 Å². The number of likely N-dealkylation sites (N-methyl/N-ethyl adjacent to an activating group) is 1. The molecule has 0 aliphatic carbocycles. The molecular weight excluding hydrogens is 362 g/mol. The zero-order chi connectivity index (χ0) is 18.8. The van der Waals surface area contributed by atoms with Crippen molar-refractivity contribution >= 4 is 45.5 Å². The fourth-order valence-corrected chi connectivity index (χ4v) is 4.16. The third kappa shape index (κ3) is 3.19. The fourth-order valence-electron chi connectivity index (χ4n) is 3.04. The highest BCUT2D eigenvalue weighted by atomic mass is 32.2. The van der Waals surface area contributed by atoms with E-state index in [0.717, 1.165) is 11.1 Å². The van der Waals surface area contributed by atoms with Crippen molar-refractivity contribution in [2.24, 2.45) is 4.99 Å². The smallest absolute Gasteiger partial charge is 0.281 e. The first-order valence-electron chi connectivity index (χ1n) is 8.43. The number of amidine groups is 1. The molecule has 2 N–H and O–H groups in total. The van der Waals surface area contributed by atoms with E-state index in [0.29, 0.717) is 22.1 Å². The van der Waals surface area contributed by atoms with Crippen molar-refractivity contribution in [3.63, 3.8) is 0 Å². The lowest BCUT2D eigenvalue weighted by molar-refractivity contribution is -0.121. The number of anilines is 1. The van der Waals surface area contributed by atoms with E-state index in [1.165, 1.54) is 11.8 Å². The number of nitrogens with one attached hydrogen (secondary N) is 2. The third-order valence-corrected chi connectivity index (χ3v) is 5.38. The lowest BCUT2D eigenvalue weighted by atomic mass is 10.2. The van der Waals surface area contributed by atoms with Crippen molar-refractivity contribution in [2.75, 3.05) is 17.7 Å². The predicted molar refractivity (Wildman–Crippen MR) is 107 cm³/mol. The molecule has 27 heavy (non-hydrogen) atoms. The Labute approximate surface area is 159 Å². The van der Waals surface area contributed by atoms with Gasteiger partial charge in [-0.05, 0) is 24.3 Å². The largest absolute Gasteiger partial charge is 0.357 e. The minimum Gasteiger partial charge on any atom is -0.357 e. The molecule has 1 unspecified atom stereocenters. The lowest BCUT2D eigenvalue weighted by Gasteiger charge is -2.24. The molecule has 1 atom stereocenters. The first-order valence-corrected chi connectivity index (χ1v) is 9.41. The molecule has 0 bridgehead atoms. The lowest BCUT2D eigenvalue weighted by Crippen LogP contribution is -2.45. The van der Waals surface area contributed by atoms with Crippen LogP contribution in [0.15, 0.2) is 59.9 Å². The second-order valence-electron chi connectivity index (χ2n) is 5.95. The number of benzene rings is 1. The maximum atomic E-state index is 12.8. The van der Waals surface area contributed by atoms with Crippen LogP contribution in [-0.2, 0) is 4.79 Å². The zero-order valence-electron chi connectivity index (χ0n) is 14.5. The Balaban J connectivity index is 1.72. The van der Waals surface area contributed by atoms with Gasteiger partial charge in [0.05, 0.1) is 5.56 Å². The maximum Gasteiger partial charge on any atom is 0.281 e. The number of fused-ring (bicyclic) bond motifs is 1. The van der Waals surface area contributed by atoms with Crippen LogP contribution in [0.25, 0.3) is 11.0 Å². The minimum atomic E-state index is -0.418. The monoisotopic (exact) mass is 379 g/mol. The number of para-hydroxylation sites is 1. The van der Waals surface area contributed by atoms with Gasteiger partial charge in [-0.3, -0.25) is 9.59 Å². The van der Waals surface area contributed by atoms with Crippen molar-refractivity contribution in [3.8, 4) is 0 Å². The fraction of sp³-hybridized carbons (Fsp3) is 0.158. The quantitative estimate of drug-likeness (QED) is 0.729. The van der Waals surface area contributed by atoms with Gasteiger partial charge in [-0.1, -0.05) is 30.0 Å². The van der Waals surface area contributed by atoms with Crippen LogP contribution in [-0.4, -0.2) is 45.8 Å². The van der Waals surface area contributed by atoms with E-state index in [-0.39, 0.29) is 11.8 Å². The number of aliphatic imine (C=N–C) groups is 1. The number of thioether (sulfide) groups is 1. The van der Waals surface area contributed by atoms with Gasteiger partial charge >= 0.3 is 0 Å². The number of hydrogen-bond acceptors (Lipinski definition) is 4. The van der Waals surface area contributed by atoms with Crippen LogP contribution in [0.5, 0.6) is 0 Å². The molecule has 1 fully saturated rings. The second kappa shape index (κ2) is 7.24. The molecule has 8 heteroatoms. The molecule has 0 spiro atoms. The number of amides is 2. The Hall–Kier alpha value is -3.13. The van der Waals surface area contributed by atoms with Gasteiger partial charge < -0.3 is 15.2 Å². The van der Waals surface area contributed by atoms with E-state index >= 15 is 0 Å². The number of carbonyl (C=O) groups is 2. The normalized spacial score (nSPS) is 18.2. The van der Waals surface area contributed by atoms with Crippen molar-refractivity contribution in [3.05, 3.63) is 60.4 Å². The van der Waals surface area contributed by atoms with Crippen LogP contribution in [0.4, 0.5) is 5.69 Å². The molecule has 3 heterocycles. The van der Waals surface area contributed by atoms with Gasteiger partial charge in [0.2, 0.25) is 5.91 Å². The van der Waals surface area contributed by atoms with Gasteiger partial charge in [0, 0.05) is 36.3 Å². The highest BCUT2D eigenvalue weighted by Crippen LogP contribution is 2.31. The Morgan fingerprint density at radius 3 is 2.85 bits per heavy atom. The topological polar surface area (TPSA) is 90.4 Å². The van der Waals surface area contributed by atoms with Crippen LogP contribution < -0.4 is 10.2 Å². The molecule has 0 saturated carbocycles. The van der Waals surface area contributed by atoms with E-state index < -0.39 is 6.04 Å². The van der Waals surface area contributed by atoms with Gasteiger partial charge in [0.1, 0.15) is 11.7 Å². The number of carbonyl (C=O) groups excluding carboxylic acids is 2. The summed E-state index contributed by atoms with van der Waals surface area (Å²) in [5.74, 6) is 0.0476. The summed E-state index contributed by atoms with van der Waals surface area (Å²) in [7, 11) is 1.61. The Kier molecular flexibility index (Phi) is 4.64. The highest BCUT2D eigenvalue weighted by molar-refractivity contribution is 8.14. The van der Waals surface area contributed by atoms with Crippen LogP contribution in [0.1, 0.15) is 10.4 Å². The molecule has 1 aliphatic rings. The van der Waals surface area contributed by atoms with Crippen molar-refractivity contribution in [1.82, 2.24) is 15.3 Å². The van der Waals surface area contributed by atoms with E-state index in [4.69, 9.17) is 0 Å². The van der Waals surface area contributed by atoms with E-state index in [2.05, 4.69) is 20.3 Å². The number of H-pyrrole nitrogens is 1. The molecule has 1 aromatic carbocycles. The van der Waals surface area contributed by atoms with Crippen LogP contribution in [0.2, 0.25) is 0 Å². The maximum absolute atomic E-state index is 12.8. The van der Waals surface area contributed by atoms with Crippen molar-refractivity contribution < 1.29 is 9.59 Å². The number of pyridine rings is 1. The molecule has 7 nitrogen and oxygen atoms in total. The summed E-state index contributed by atoms with van der Waals surface area (Å²) in [6.07, 6.45) is 3.28. The summed E-state index contributed by atoms with van der Waals surface area (Å²) < 4.78 is 0. The first-order chi connectivity index (χ1) is 13.2. The minimum absolute atomic E-state index is 0.111. The van der Waals surface area contributed by atoms with E-state index in [1.807, 2.05) is 41.3 Å². The summed E-state index contributed by atoms with van der Waals surface area (Å²) >= 11 is 1.40. The summed E-state index contributed by atoms with van der Waals surface area (Å²) in [5.41, 5.74) is 1.93. The van der Waals surface area contributed by atoms with E-state index in [1.54, 1.807) is 25.5 Å². The summed E-state index contributed by atoms with van der Waals surface area (Å²) in [6.45, 7) is 0. The van der Waals surface area contributed by atoms with Crippen LogP contribution in [0, 0.1) is 0 Å². The van der Waals surface area contributed by atoms with Gasteiger partial charge in [-0.15, -0.1) is 0 Å². The van der Waals surface area contributed by atoms with Crippen molar-refractivity contribution in [2.45, 2.75) is 6.04 Å². The van der Waals surface area contributed by atoms with Crippen molar-refractivity contribution in [1.29, 1.82) is 0 Å². The van der Waals surface area contributed by atoms with Crippen LogP contribution >= 0.6 is 11.8 Å². The highest BCUT2D eigenvalue weighted by Gasteiger charge is 2.36. The predicted octanol–water partition coefficient (Wildman–Crippen LogP) is 2.43. The molecule has 4 rings (SSSR count).